The molecule has 6 nitrogen and oxygen atoms in total. The molecule has 27 heavy (non-hydrogen) atoms. The molecule has 1 aromatic carbocycles. The van der Waals surface area contributed by atoms with Gasteiger partial charge in [-0.2, -0.15) is 13.2 Å². The number of nitrogens with one attached hydrogen (secondary N) is 3. The van der Waals surface area contributed by atoms with Crippen LogP contribution in [0, 0.1) is 6.92 Å². The molecule has 1 amide bonds. The number of aliphatic imine (C=N–C) groups is 1. The van der Waals surface area contributed by atoms with E-state index in [9.17, 15) is 18.0 Å². The summed E-state index contributed by atoms with van der Waals surface area (Å²) in [4.78, 5) is 19.5. The van der Waals surface area contributed by atoms with Crippen molar-refractivity contribution in [3.8, 4) is 0 Å². The van der Waals surface area contributed by atoms with Gasteiger partial charge in [0.1, 0.15) is 5.01 Å². The Kier molecular flexibility index (Phi) is 7.17. The van der Waals surface area contributed by atoms with Crippen molar-refractivity contribution < 1.29 is 18.0 Å². The van der Waals surface area contributed by atoms with Crippen LogP contribution in [0.25, 0.3) is 0 Å². The normalized spacial score (nSPS) is 12.0. The number of hydrogen-bond acceptors (Lipinski definition) is 4. The van der Waals surface area contributed by atoms with Crippen molar-refractivity contribution in [2.75, 3.05) is 20.1 Å². The number of guanidine groups is 1. The Morgan fingerprint density at radius 2 is 1.96 bits per heavy atom. The molecule has 0 bridgehead atoms. The number of aryl methyl sites for hydroxylation is 1. The monoisotopic (exact) mass is 399 g/mol. The number of aromatic nitrogens is 1. The molecule has 0 saturated heterocycles. The average molecular weight is 399 g/mol. The molecule has 0 radical (unpaired) electrons. The van der Waals surface area contributed by atoms with Gasteiger partial charge < -0.3 is 16.0 Å². The average Bonchev–Trinajstić information content (AvgIpc) is 3.10. The fraction of sp³-hybridized carbons (Fsp3) is 0.353. The Morgan fingerprint density at radius 1 is 1.22 bits per heavy atom. The number of benzene rings is 1. The third-order valence-corrected chi connectivity index (χ3v) is 4.30. The maximum Gasteiger partial charge on any atom is 0.434 e. The van der Waals surface area contributed by atoms with Crippen LogP contribution >= 0.6 is 11.3 Å². The largest absolute Gasteiger partial charge is 0.434 e. The maximum absolute atomic E-state index is 12.5. The second kappa shape index (κ2) is 9.36. The number of amides is 1. The molecule has 1 heterocycles. The standard InChI is InChI=1S/C17H20F3N5OS/c1-11-4-3-5-12(8-11)15(26)22-6-7-23-16(21-2)24-9-14-25-13(10-27-14)17(18,19)20/h3-5,8,10H,6-7,9H2,1-2H3,(H,22,26)(H2,21,23,24). The summed E-state index contributed by atoms with van der Waals surface area (Å²) in [6, 6.07) is 7.26. The molecule has 146 valence electrons. The van der Waals surface area contributed by atoms with E-state index in [1.165, 1.54) is 0 Å². The van der Waals surface area contributed by atoms with Gasteiger partial charge in [0.25, 0.3) is 5.91 Å². The summed E-state index contributed by atoms with van der Waals surface area (Å²) in [5.74, 6) is 0.231. The van der Waals surface area contributed by atoms with E-state index in [0.717, 1.165) is 22.3 Å². The number of halogens is 3. The summed E-state index contributed by atoms with van der Waals surface area (Å²) in [5.41, 5.74) is 0.689. The van der Waals surface area contributed by atoms with Gasteiger partial charge in [-0.1, -0.05) is 17.7 Å². The molecule has 3 N–H and O–H groups in total. The predicted octanol–water partition coefficient (Wildman–Crippen LogP) is 2.57. The molecular weight excluding hydrogens is 379 g/mol. The number of carbonyl (C=O) groups excluding carboxylic acids is 1. The first-order valence-electron chi connectivity index (χ1n) is 8.10. The van der Waals surface area contributed by atoms with Crippen molar-refractivity contribution in [2.45, 2.75) is 19.6 Å². The summed E-state index contributed by atoms with van der Waals surface area (Å²) < 4.78 is 37.6. The van der Waals surface area contributed by atoms with Gasteiger partial charge in [0, 0.05) is 31.1 Å². The molecule has 1 aromatic heterocycles. The minimum atomic E-state index is -4.44. The first-order chi connectivity index (χ1) is 12.8. The second-order valence-corrected chi connectivity index (χ2v) is 6.54. The van der Waals surface area contributed by atoms with E-state index >= 15 is 0 Å². The molecule has 0 aliphatic heterocycles. The van der Waals surface area contributed by atoms with Crippen LogP contribution in [0.5, 0.6) is 0 Å². The van der Waals surface area contributed by atoms with E-state index in [2.05, 4.69) is 25.9 Å². The third-order valence-electron chi connectivity index (χ3n) is 3.46. The van der Waals surface area contributed by atoms with Crippen LogP contribution in [0.2, 0.25) is 0 Å². The van der Waals surface area contributed by atoms with E-state index in [0.29, 0.717) is 29.6 Å². The predicted molar refractivity (Wildman–Crippen MR) is 98.8 cm³/mol. The molecular formula is C17H20F3N5OS. The van der Waals surface area contributed by atoms with E-state index in [4.69, 9.17) is 0 Å². The molecule has 0 aliphatic rings. The Balaban J connectivity index is 1.73. The fourth-order valence-corrected chi connectivity index (χ4v) is 2.89. The Hall–Kier alpha value is -2.62. The fourth-order valence-electron chi connectivity index (χ4n) is 2.15. The number of hydrogen-bond donors (Lipinski definition) is 3. The molecule has 10 heteroatoms. The lowest BCUT2D eigenvalue weighted by Crippen LogP contribution is -2.41. The highest BCUT2D eigenvalue weighted by molar-refractivity contribution is 7.09. The number of rotatable bonds is 6. The van der Waals surface area contributed by atoms with Crippen molar-refractivity contribution >= 4 is 23.2 Å². The Morgan fingerprint density at radius 3 is 2.59 bits per heavy atom. The molecule has 0 aliphatic carbocycles. The van der Waals surface area contributed by atoms with E-state index in [1.54, 1.807) is 19.2 Å². The number of thiazole rings is 1. The minimum absolute atomic E-state index is 0.121. The van der Waals surface area contributed by atoms with Gasteiger partial charge >= 0.3 is 6.18 Å². The summed E-state index contributed by atoms with van der Waals surface area (Å²) >= 11 is 0.926. The Labute approximate surface area is 158 Å². The zero-order valence-corrected chi connectivity index (χ0v) is 15.7. The zero-order chi connectivity index (χ0) is 19.9. The second-order valence-electron chi connectivity index (χ2n) is 5.60. The summed E-state index contributed by atoms with van der Waals surface area (Å²) in [6.07, 6.45) is -4.44. The lowest BCUT2D eigenvalue weighted by atomic mass is 10.1. The van der Waals surface area contributed by atoms with Crippen LogP contribution in [0.1, 0.15) is 26.6 Å². The van der Waals surface area contributed by atoms with E-state index in [-0.39, 0.29) is 12.5 Å². The number of nitrogens with zero attached hydrogens (tertiary/aromatic N) is 2. The van der Waals surface area contributed by atoms with Gasteiger partial charge in [-0.05, 0) is 19.1 Å². The molecule has 0 saturated carbocycles. The van der Waals surface area contributed by atoms with Gasteiger partial charge in [0.05, 0.1) is 6.54 Å². The van der Waals surface area contributed by atoms with Crippen molar-refractivity contribution in [1.29, 1.82) is 0 Å². The lowest BCUT2D eigenvalue weighted by molar-refractivity contribution is -0.140. The van der Waals surface area contributed by atoms with Crippen molar-refractivity contribution in [3.05, 3.63) is 51.5 Å². The molecule has 0 spiro atoms. The summed E-state index contributed by atoms with van der Waals surface area (Å²) in [7, 11) is 1.55. The highest BCUT2D eigenvalue weighted by atomic mass is 32.1. The smallest absolute Gasteiger partial charge is 0.355 e. The van der Waals surface area contributed by atoms with Gasteiger partial charge in [0.2, 0.25) is 0 Å². The van der Waals surface area contributed by atoms with Crippen LogP contribution < -0.4 is 16.0 Å². The molecule has 0 atom stereocenters. The summed E-state index contributed by atoms with van der Waals surface area (Å²) in [5, 5.41) is 9.92. The van der Waals surface area contributed by atoms with Gasteiger partial charge in [-0.25, -0.2) is 4.98 Å². The van der Waals surface area contributed by atoms with E-state index < -0.39 is 11.9 Å². The third kappa shape index (κ3) is 6.55. The minimum Gasteiger partial charge on any atom is -0.355 e. The first kappa shape index (κ1) is 20.7. The lowest BCUT2D eigenvalue weighted by Gasteiger charge is -2.11. The number of carbonyl (C=O) groups is 1. The highest BCUT2D eigenvalue weighted by Crippen LogP contribution is 2.29. The van der Waals surface area contributed by atoms with Crippen LogP contribution in [0.3, 0.4) is 0 Å². The maximum atomic E-state index is 12.5. The zero-order valence-electron chi connectivity index (χ0n) is 14.9. The van der Waals surface area contributed by atoms with Gasteiger partial charge in [-0.3, -0.25) is 9.79 Å². The summed E-state index contributed by atoms with van der Waals surface area (Å²) in [6.45, 7) is 2.80. The molecule has 0 fully saturated rings. The SMILES string of the molecule is CN=C(NCCNC(=O)c1cccc(C)c1)NCc1nc(C(F)(F)F)cs1. The van der Waals surface area contributed by atoms with Crippen molar-refractivity contribution in [1.82, 2.24) is 20.9 Å². The first-order valence-corrected chi connectivity index (χ1v) is 8.98. The van der Waals surface area contributed by atoms with Gasteiger partial charge in [0.15, 0.2) is 11.7 Å². The van der Waals surface area contributed by atoms with Crippen LogP contribution in [-0.4, -0.2) is 37.0 Å². The van der Waals surface area contributed by atoms with Gasteiger partial charge in [-0.15, -0.1) is 11.3 Å². The molecule has 0 unspecified atom stereocenters. The van der Waals surface area contributed by atoms with E-state index in [1.807, 2.05) is 19.1 Å². The molecule has 2 rings (SSSR count). The Bertz CT molecular complexity index is 804. The number of alkyl halides is 3. The molecule has 2 aromatic rings. The van der Waals surface area contributed by atoms with Crippen LogP contribution in [0.15, 0.2) is 34.6 Å². The topological polar surface area (TPSA) is 78.4 Å². The quantitative estimate of drug-likeness (QED) is 0.396. The van der Waals surface area contributed by atoms with Crippen LogP contribution in [0.4, 0.5) is 13.2 Å². The van der Waals surface area contributed by atoms with Crippen molar-refractivity contribution in [2.24, 2.45) is 4.99 Å². The van der Waals surface area contributed by atoms with Crippen molar-refractivity contribution in [3.63, 3.8) is 0 Å². The van der Waals surface area contributed by atoms with Crippen LogP contribution in [-0.2, 0) is 12.7 Å². The highest BCUT2D eigenvalue weighted by Gasteiger charge is 2.33.